The number of nitrogens with zero attached hydrogens (tertiary/aromatic N) is 5. The van der Waals surface area contributed by atoms with E-state index in [0.29, 0.717) is 12.1 Å². The molecule has 3 aromatic rings. The number of benzene rings is 1. The molecule has 2 aromatic heterocycles. The molecule has 3 heterocycles. The molecule has 1 aliphatic rings. The average Bonchev–Trinajstić information content (AvgIpc) is 3.32. The molecule has 6 nitrogen and oxygen atoms in total. The lowest BCUT2D eigenvalue weighted by atomic mass is 10.2. The minimum Gasteiger partial charge on any atom is -0.336 e. The lowest BCUT2D eigenvalue weighted by molar-refractivity contribution is 0.0786. The van der Waals surface area contributed by atoms with E-state index in [1.807, 2.05) is 46.1 Å². The van der Waals surface area contributed by atoms with Gasteiger partial charge in [-0.25, -0.2) is 4.68 Å². The van der Waals surface area contributed by atoms with E-state index in [2.05, 4.69) is 15.3 Å². The number of hydrogen-bond donors (Lipinski definition) is 0. The lowest BCUT2D eigenvalue weighted by Crippen LogP contribution is -2.29. The van der Waals surface area contributed by atoms with Crippen molar-refractivity contribution in [1.82, 2.24) is 24.9 Å². The number of hydrogen-bond acceptors (Lipinski definition) is 4. The highest BCUT2D eigenvalue weighted by Gasteiger charge is 2.29. The standard InChI is InChI=1S/C18H17N5O/c24-18(15-7-4-9-19-11-15)22-10-8-16(12-22)23-13-17(20-21-23)14-5-2-1-3-6-14/h1-7,9,11,13,16H,8,10,12H2/t16-/m0/s1. The Bertz CT molecular complexity index is 831. The van der Waals surface area contributed by atoms with Gasteiger partial charge in [0.15, 0.2) is 0 Å². The van der Waals surface area contributed by atoms with Crippen LogP contribution >= 0.6 is 0 Å². The first-order chi connectivity index (χ1) is 11.8. The monoisotopic (exact) mass is 319 g/mol. The molecule has 4 rings (SSSR count). The summed E-state index contributed by atoms with van der Waals surface area (Å²) in [5.41, 5.74) is 2.53. The molecule has 1 aliphatic heterocycles. The molecule has 1 fully saturated rings. The van der Waals surface area contributed by atoms with Gasteiger partial charge in [0.1, 0.15) is 5.69 Å². The fourth-order valence-electron chi connectivity index (χ4n) is 3.01. The van der Waals surface area contributed by atoms with Crippen LogP contribution in [0.5, 0.6) is 0 Å². The first kappa shape index (κ1) is 14.6. The van der Waals surface area contributed by atoms with Crippen molar-refractivity contribution < 1.29 is 4.79 Å². The maximum absolute atomic E-state index is 12.5. The number of carbonyl (C=O) groups is 1. The van der Waals surface area contributed by atoms with Gasteiger partial charge in [0.05, 0.1) is 17.8 Å². The predicted octanol–water partition coefficient (Wildman–Crippen LogP) is 2.43. The molecule has 120 valence electrons. The molecule has 0 radical (unpaired) electrons. The van der Waals surface area contributed by atoms with Crippen molar-refractivity contribution in [3.05, 3.63) is 66.6 Å². The molecule has 0 spiro atoms. The molecule has 1 aromatic carbocycles. The zero-order valence-electron chi connectivity index (χ0n) is 13.1. The van der Waals surface area contributed by atoms with Gasteiger partial charge < -0.3 is 4.90 Å². The highest BCUT2D eigenvalue weighted by molar-refractivity contribution is 5.94. The van der Waals surface area contributed by atoms with Gasteiger partial charge in [-0.05, 0) is 18.6 Å². The number of pyridine rings is 1. The second-order valence-electron chi connectivity index (χ2n) is 5.89. The average molecular weight is 319 g/mol. The molecule has 6 heteroatoms. The Labute approximate surface area is 139 Å². The van der Waals surface area contributed by atoms with Crippen molar-refractivity contribution in [3.8, 4) is 11.3 Å². The summed E-state index contributed by atoms with van der Waals surface area (Å²) in [5, 5.41) is 8.52. The predicted molar refractivity (Wildman–Crippen MR) is 89.3 cm³/mol. The molecule has 0 bridgehead atoms. The van der Waals surface area contributed by atoms with Crippen molar-refractivity contribution in [1.29, 1.82) is 0 Å². The van der Waals surface area contributed by atoms with E-state index in [0.717, 1.165) is 24.2 Å². The van der Waals surface area contributed by atoms with Crippen molar-refractivity contribution in [2.45, 2.75) is 12.5 Å². The summed E-state index contributed by atoms with van der Waals surface area (Å²) in [5.74, 6) is 0.0222. The maximum atomic E-state index is 12.5. The quantitative estimate of drug-likeness (QED) is 0.744. The summed E-state index contributed by atoms with van der Waals surface area (Å²) in [6, 6.07) is 13.7. The lowest BCUT2D eigenvalue weighted by Gasteiger charge is -2.16. The van der Waals surface area contributed by atoms with E-state index in [4.69, 9.17) is 0 Å². The Balaban J connectivity index is 1.48. The van der Waals surface area contributed by atoms with Crippen molar-refractivity contribution in [2.24, 2.45) is 0 Å². The largest absolute Gasteiger partial charge is 0.336 e. The van der Waals surface area contributed by atoms with Gasteiger partial charge in [0.25, 0.3) is 5.91 Å². The van der Waals surface area contributed by atoms with E-state index in [1.165, 1.54) is 0 Å². The number of amides is 1. The molecule has 0 N–H and O–H groups in total. The van der Waals surface area contributed by atoms with Gasteiger partial charge in [0, 0.05) is 31.0 Å². The van der Waals surface area contributed by atoms with Crippen LogP contribution in [0.25, 0.3) is 11.3 Å². The molecule has 1 atom stereocenters. The van der Waals surface area contributed by atoms with E-state index < -0.39 is 0 Å². The van der Waals surface area contributed by atoms with Crippen LogP contribution in [0.3, 0.4) is 0 Å². The summed E-state index contributed by atoms with van der Waals surface area (Å²) in [7, 11) is 0. The minimum atomic E-state index is 0.0222. The van der Waals surface area contributed by atoms with Crippen LogP contribution in [-0.4, -0.2) is 43.9 Å². The van der Waals surface area contributed by atoms with Crippen LogP contribution in [0.1, 0.15) is 22.8 Å². The third kappa shape index (κ3) is 2.78. The minimum absolute atomic E-state index is 0.0222. The zero-order chi connectivity index (χ0) is 16.4. The van der Waals surface area contributed by atoms with Gasteiger partial charge in [-0.3, -0.25) is 9.78 Å². The topological polar surface area (TPSA) is 63.9 Å². The SMILES string of the molecule is O=C(c1cccnc1)N1CC[C@H](n2cc(-c3ccccc3)nn2)C1. The third-order valence-electron chi connectivity index (χ3n) is 4.31. The van der Waals surface area contributed by atoms with Crippen LogP contribution in [0.2, 0.25) is 0 Å². The highest BCUT2D eigenvalue weighted by Crippen LogP contribution is 2.24. The molecule has 0 saturated carbocycles. The summed E-state index contributed by atoms with van der Waals surface area (Å²) in [4.78, 5) is 18.4. The van der Waals surface area contributed by atoms with E-state index in [9.17, 15) is 4.79 Å². The Hall–Kier alpha value is -3.02. The summed E-state index contributed by atoms with van der Waals surface area (Å²) < 4.78 is 1.87. The second-order valence-corrected chi connectivity index (χ2v) is 5.89. The Morgan fingerprint density at radius 3 is 2.79 bits per heavy atom. The van der Waals surface area contributed by atoms with Gasteiger partial charge >= 0.3 is 0 Å². The summed E-state index contributed by atoms with van der Waals surface area (Å²) in [6.07, 6.45) is 6.12. The molecule has 0 aliphatic carbocycles. The second kappa shape index (κ2) is 6.23. The van der Waals surface area contributed by atoms with Crippen LogP contribution < -0.4 is 0 Å². The molecular weight excluding hydrogens is 302 g/mol. The van der Waals surface area contributed by atoms with E-state index in [-0.39, 0.29) is 11.9 Å². The van der Waals surface area contributed by atoms with Crippen LogP contribution in [-0.2, 0) is 0 Å². The van der Waals surface area contributed by atoms with Gasteiger partial charge in [0.2, 0.25) is 0 Å². The first-order valence-electron chi connectivity index (χ1n) is 7.98. The fourth-order valence-corrected chi connectivity index (χ4v) is 3.01. The molecule has 0 unspecified atom stereocenters. The highest BCUT2D eigenvalue weighted by atomic mass is 16.2. The Morgan fingerprint density at radius 2 is 2.00 bits per heavy atom. The van der Waals surface area contributed by atoms with E-state index >= 15 is 0 Å². The van der Waals surface area contributed by atoms with Gasteiger partial charge in [-0.1, -0.05) is 35.5 Å². The van der Waals surface area contributed by atoms with E-state index in [1.54, 1.807) is 24.5 Å². The Kier molecular flexibility index (Phi) is 3.78. The smallest absolute Gasteiger partial charge is 0.255 e. The number of likely N-dealkylation sites (tertiary alicyclic amines) is 1. The van der Waals surface area contributed by atoms with Crippen LogP contribution in [0.4, 0.5) is 0 Å². The Morgan fingerprint density at radius 1 is 1.12 bits per heavy atom. The summed E-state index contributed by atoms with van der Waals surface area (Å²) >= 11 is 0. The van der Waals surface area contributed by atoms with Gasteiger partial charge in [-0.15, -0.1) is 5.10 Å². The molecule has 24 heavy (non-hydrogen) atoms. The van der Waals surface area contributed by atoms with Crippen molar-refractivity contribution in [2.75, 3.05) is 13.1 Å². The normalized spacial score (nSPS) is 17.2. The first-order valence-corrected chi connectivity index (χ1v) is 7.98. The number of carbonyl (C=O) groups excluding carboxylic acids is 1. The zero-order valence-corrected chi connectivity index (χ0v) is 13.1. The van der Waals surface area contributed by atoms with Gasteiger partial charge in [-0.2, -0.15) is 0 Å². The third-order valence-corrected chi connectivity index (χ3v) is 4.31. The van der Waals surface area contributed by atoms with Crippen LogP contribution in [0.15, 0.2) is 61.1 Å². The number of rotatable bonds is 3. The van der Waals surface area contributed by atoms with Crippen LogP contribution in [0, 0.1) is 0 Å². The molecular formula is C18H17N5O. The van der Waals surface area contributed by atoms with Crippen molar-refractivity contribution in [3.63, 3.8) is 0 Å². The summed E-state index contributed by atoms with van der Waals surface area (Å²) in [6.45, 7) is 1.37. The molecule has 1 amide bonds. The van der Waals surface area contributed by atoms with Crippen molar-refractivity contribution >= 4 is 5.91 Å². The maximum Gasteiger partial charge on any atom is 0.255 e. The molecule has 1 saturated heterocycles. The fraction of sp³-hybridized carbons (Fsp3) is 0.222. The number of aromatic nitrogens is 4.